The third kappa shape index (κ3) is 5.78. The molecule has 2 atom stereocenters. The minimum absolute atomic E-state index is 0.0709. The van der Waals surface area contributed by atoms with Gasteiger partial charge in [0.1, 0.15) is 16.7 Å². The SMILES string of the molecule is CN(Cc1ccc(F)cc1)C(=O)NCC1CCN(c2c(Cl)c(C(=O)NC3C4CC5CC3CC(O)(C5)C4)nn2C)CC1. The molecule has 3 amide bonds. The smallest absolute Gasteiger partial charge is 0.317 e. The van der Waals surface area contributed by atoms with Crippen LogP contribution >= 0.6 is 11.6 Å². The molecular weight excluding hydrogens is 547 g/mol. The van der Waals surface area contributed by atoms with Crippen LogP contribution in [-0.2, 0) is 13.6 Å². The number of aryl methyl sites for hydroxylation is 1. The second-order valence-corrected chi connectivity index (χ2v) is 13.3. The molecule has 41 heavy (non-hydrogen) atoms. The normalized spacial score (nSPS) is 29.0. The van der Waals surface area contributed by atoms with Gasteiger partial charge in [0, 0.05) is 46.3 Å². The molecule has 222 valence electrons. The summed E-state index contributed by atoms with van der Waals surface area (Å²) in [5.74, 6) is 1.77. The lowest BCUT2D eigenvalue weighted by Crippen LogP contribution is -2.61. The van der Waals surface area contributed by atoms with Crippen molar-refractivity contribution in [2.75, 3.05) is 31.6 Å². The zero-order valence-corrected chi connectivity index (χ0v) is 24.5. The Morgan fingerprint density at radius 1 is 1.15 bits per heavy atom. The molecule has 4 aliphatic carbocycles. The maximum Gasteiger partial charge on any atom is 0.317 e. The summed E-state index contributed by atoms with van der Waals surface area (Å²) in [4.78, 5) is 29.7. The number of carbonyl (C=O) groups excluding carboxylic acids is 2. The van der Waals surface area contributed by atoms with Gasteiger partial charge in [0.2, 0.25) is 0 Å². The van der Waals surface area contributed by atoms with Crippen molar-refractivity contribution in [2.45, 2.75) is 63.1 Å². The van der Waals surface area contributed by atoms with E-state index in [4.69, 9.17) is 11.6 Å². The molecule has 0 radical (unpaired) electrons. The van der Waals surface area contributed by atoms with Crippen LogP contribution in [0.5, 0.6) is 0 Å². The first-order valence-corrected chi connectivity index (χ1v) is 15.2. The van der Waals surface area contributed by atoms with E-state index in [9.17, 15) is 19.1 Å². The van der Waals surface area contributed by atoms with Crippen molar-refractivity contribution >= 4 is 29.4 Å². The van der Waals surface area contributed by atoms with Crippen molar-refractivity contribution in [3.05, 3.63) is 46.4 Å². The number of piperidine rings is 1. The van der Waals surface area contributed by atoms with Gasteiger partial charge < -0.3 is 25.5 Å². The maximum absolute atomic E-state index is 13.4. The summed E-state index contributed by atoms with van der Waals surface area (Å²) in [6, 6.07) is 6.07. The first kappa shape index (κ1) is 28.3. The predicted octanol–water partition coefficient (Wildman–Crippen LogP) is 3.94. The minimum Gasteiger partial charge on any atom is -0.390 e. The number of carbonyl (C=O) groups is 2. The highest BCUT2D eigenvalue weighted by molar-refractivity contribution is 6.36. The second kappa shape index (κ2) is 11.1. The largest absolute Gasteiger partial charge is 0.390 e. The van der Waals surface area contributed by atoms with Gasteiger partial charge >= 0.3 is 6.03 Å². The van der Waals surface area contributed by atoms with Crippen molar-refractivity contribution in [1.29, 1.82) is 0 Å². The molecule has 2 unspecified atom stereocenters. The summed E-state index contributed by atoms with van der Waals surface area (Å²) in [6.45, 7) is 2.48. The zero-order chi connectivity index (χ0) is 28.9. The Balaban J connectivity index is 1.00. The van der Waals surface area contributed by atoms with E-state index >= 15 is 0 Å². The number of benzene rings is 1. The second-order valence-electron chi connectivity index (χ2n) is 12.9. The molecule has 4 saturated carbocycles. The van der Waals surface area contributed by atoms with Crippen LogP contribution < -0.4 is 15.5 Å². The Labute approximate surface area is 245 Å². The monoisotopic (exact) mass is 586 g/mol. The van der Waals surface area contributed by atoms with Gasteiger partial charge in [-0.05, 0) is 86.3 Å². The van der Waals surface area contributed by atoms with E-state index in [1.807, 2.05) is 7.05 Å². The molecule has 1 aromatic heterocycles. The van der Waals surface area contributed by atoms with Gasteiger partial charge in [-0.1, -0.05) is 23.7 Å². The lowest BCUT2D eigenvalue weighted by atomic mass is 9.52. The fraction of sp³-hybridized carbons (Fsp3) is 0.633. The number of hydrogen-bond donors (Lipinski definition) is 3. The number of anilines is 1. The molecule has 3 N–H and O–H groups in total. The first-order chi connectivity index (χ1) is 19.6. The highest BCUT2D eigenvalue weighted by Gasteiger charge is 2.55. The number of amides is 3. The van der Waals surface area contributed by atoms with Gasteiger partial charge in [-0.2, -0.15) is 5.10 Å². The van der Waals surface area contributed by atoms with Crippen molar-refractivity contribution in [2.24, 2.45) is 30.7 Å². The van der Waals surface area contributed by atoms with Gasteiger partial charge in [0.25, 0.3) is 5.91 Å². The molecule has 2 heterocycles. The molecule has 2 aromatic rings. The fourth-order valence-electron chi connectivity index (χ4n) is 8.07. The van der Waals surface area contributed by atoms with E-state index in [-0.39, 0.29) is 29.5 Å². The number of urea groups is 1. The molecule has 5 aliphatic rings. The lowest BCUT2D eigenvalue weighted by molar-refractivity contribution is -0.136. The van der Waals surface area contributed by atoms with Crippen LogP contribution in [0.2, 0.25) is 5.02 Å². The number of rotatable bonds is 7. The van der Waals surface area contributed by atoms with E-state index in [1.54, 1.807) is 28.8 Å². The highest BCUT2D eigenvalue weighted by Crippen LogP contribution is 2.55. The number of aliphatic hydroxyl groups is 1. The number of nitrogens with one attached hydrogen (secondary N) is 2. The van der Waals surface area contributed by atoms with Crippen LogP contribution in [0.15, 0.2) is 24.3 Å². The van der Waals surface area contributed by atoms with Crippen LogP contribution in [-0.4, -0.2) is 70.1 Å². The van der Waals surface area contributed by atoms with Crippen molar-refractivity contribution in [1.82, 2.24) is 25.3 Å². The molecule has 1 saturated heterocycles. The van der Waals surface area contributed by atoms with Gasteiger partial charge in [0.15, 0.2) is 5.69 Å². The summed E-state index contributed by atoms with van der Waals surface area (Å²) < 4.78 is 14.8. The number of nitrogens with zero attached hydrogens (tertiary/aromatic N) is 4. The Hall–Kier alpha value is -2.85. The Kier molecular flexibility index (Phi) is 7.65. The molecular formula is C30H40ClFN6O3. The summed E-state index contributed by atoms with van der Waals surface area (Å²) in [7, 11) is 3.55. The van der Waals surface area contributed by atoms with Crippen LogP contribution in [0.25, 0.3) is 0 Å². The van der Waals surface area contributed by atoms with Crippen LogP contribution in [0, 0.1) is 29.5 Å². The van der Waals surface area contributed by atoms with Gasteiger partial charge in [-0.25, -0.2) is 9.18 Å². The van der Waals surface area contributed by atoms with E-state index in [0.717, 1.165) is 69.4 Å². The number of hydrogen-bond acceptors (Lipinski definition) is 5. The first-order valence-electron chi connectivity index (χ1n) is 14.8. The maximum atomic E-state index is 13.4. The fourth-order valence-corrected chi connectivity index (χ4v) is 8.43. The van der Waals surface area contributed by atoms with Crippen molar-refractivity contribution < 1.29 is 19.1 Å². The molecule has 7 rings (SSSR count). The van der Waals surface area contributed by atoms with E-state index in [2.05, 4.69) is 20.6 Å². The van der Waals surface area contributed by atoms with Crippen molar-refractivity contribution in [3.63, 3.8) is 0 Å². The molecule has 11 heteroatoms. The molecule has 1 aliphatic heterocycles. The Morgan fingerprint density at radius 3 is 2.44 bits per heavy atom. The Bertz CT molecular complexity index is 1280. The van der Waals surface area contributed by atoms with Crippen LogP contribution in [0.4, 0.5) is 15.0 Å². The molecule has 9 nitrogen and oxygen atoms in total. The predicted molar refractivity (Wildman–Crippen MR) is 154 cm³/mol. The van der Waals surface area contributed by atoms with Crippen molar-refractivity contribution in [3.8, 4) is 0 Å². The quantitative estimate of drug-likeness (QED) is 0.456. The molecule has 0 spiro atoms. The lowest BCUT2D eigenvalue weighted by Gasteiger charge is -2.58. The molecule has 1 aromatic carbocycles. The average Bonchev–Trinajstić information content (AvgIpc) is 3.23. The topological polar surface area (TPSA) is 103 Å². The summed E-state index contributed by atoms with van der Waals surface area (Å²) in [5.41, 5.74) is 0.591. The minimum atomic E-state index is -0.539. The summed E-state index contributed by atoms with van der Waals surface area (Å²) in [6.07, 6.45) is 6.35. The number of aromatic nitrogens is 2. The average molecular weight is 587 g/mol. The van der Waals surface area contributed by atoms with Crippen LogP contribution in [0.3, 0.4) is 0 Å². The van der Waals surface area contributed by atoms with E-state index in [1.165, 1.54) is 12.1 Å². The molecule has 5 fully saturated rings. The number of halogens is 2. The van der Waals surface area contributed by atoms with E-state index in [0.29, 0.717) is 41.8 Å². The Morgan fingerprint density at radius 2 is 1.80 bits per heavy atom. The van der Waals surface area contributed by atoms with Gasteiger partial charge in [0.05, 0.1) is 5.60 Å². The van der Waals surface area contributed by atoms with Crippen LogP contribution in [0.1, 0.15) is 61.0 Å². The van der Waals surface area contributed by atoms with E-state index < -0.39 is 5.60 Å². The zero-order valence-electron chi connectivity index (χ0n) is 23.8. The third-order valence-corrected chi connectivity index (χ3v) is 10.2. The summed E-state index contributed by atoms with van der Waals surface area (Å²) in [5, 5.41) is 22.0. The molecule has 4 bridgehead atoms. The third-order valence-electron chi connectivity index (χ3n) is 9.85. The van der Waals surface area contributed by atoms with Gasteiger partial charge in [-0.3, -0.25) is 9.48 Å². The van der Waals surface area contributed by atoms with Gasteiger partial charge in [-0.15, -0.1) is 0 Å². The summed E-state index contributed by atoms with van der Waals surface area (Å²) >= 11 is 6.79. The standard InChI is InChI=1S/C30H40ClFN6O3/c1-36(17-19-3-5-23(32)6-4-19)29(40)33-16-18-7-9-38(10-8-18)28-24(31)26(35-37(28)2)27(39)34-25-21-11-20-12-22(25)15-30(41,13-20)14-21/h3-6,18,20-22,25,41H,7-17H2,1-2H3,(H,33,40)(H,34,39). The highest BCUT2D eigenvalue weighted by atomic mass is 35.5.